The summed E-state index contributed by atoms with van der Waals surface area (Å²) in [6, 6.07) is 8.45. The van der Waals surface area contributed by atoms with Gasteiger partial charge in [0.15, 0.2) is 0 Å². The molecule has 7 nitrogen and oxygen atoms in total. The second kappa shape index (κ2) is 8.51. The molecule has 0 saturated carbocycles. The van der Waals surface area contributed by atoms with Gasteiger partial charge in [-0.1, -0.05) is 17.7 Å². The molecule has 0 bridgehead atoms. The summed E-state index contributed by atoms with van der Waals surface area (Å²) in [5, 5.41) is 2.43. The molecule has 1 atom stereocenters. The molecular weight excluding hydrogens is 442 g/mol. The van der Waals surface area contributed by atoms with E-state index in [1.807, 2.05) is 0 Å². The minimum Gasteiger partial charge on any atom is -0.481 e. The van der Waals surface area contributed by atoms with E-state index in [1.165, 1.54) is 31.5 Å². The van der Waals surface area contributed by atoms with Crippen LogP contribution in [0.15, 0.2) is 42.6 Å². The molecule has 0 radical (unpaired) electrons. The minimum atomic E-state index is -0.860. The summed E-state index contributed by atoms with van der Waals surface area (Å²) in [6.45, 7) is 1.17. The van der Waals surface area contributed by atoms with E-state index >= 15 is 4.39 Å². The molecule has 1 aromatic carbocycles. The molecule has 1 aliphatic heterocycles. The molecule has 0 aliphatic carbocycles. The van der Waals surface area contributed by atoms with Crippen molar-refractivity contribution < 1.29 is 23.1 Å². The Bertz CT molecular complexity index is 1240. The van der Waals surface area contributed by atoms with Gasteiger partial charge in [0.1, 0.15) is 12.4 Å². The maximum atomic E-state index is 15.1. The summed E-state index contributed by atoms with van der Waals surface area (Å²) in [5.41, 5.74) is 1.09. The van der Waals surface area contributed by atoms with Crippen molar-refractivity contribution in [1.29, 1.82) is 0 Å². The molecule has 2 aromatic heterocycles. The van der Waals surface area contributed by atoms with Gasteiger partial charge >= 0.3 is 0 Å². The molecule has 3 heterocycles. The molecular formula is C22H17ClF2N4O3. The van der Waals surface area contributed by atoms with Crippen LogP contribution in [0.5, 0.6) is 5.88 Å². The summed E-state index contributed by atoms with van der Waals surface area (Å²) in [6.07, 6.45) is 1.51. The standard InChI is InChI=1S/C22H17ClF2N4O3/c1-11-20-13(4-3-7-26-20)19-16(9-18(32-2)28-21(19)25)29(22(11)31)10-17(30)27-12-5-6-14(23)15(24)8-12/h3-9,11H,10H2,1-2H3,(H,27,30). The number of hydrogen-bond acceptors (Lipinski definition) is 5. The monoisotopic (exact) mass is 458 g/mol. The van der Waals surface area contributed by atoms with E-state index in [0.29, 0.717) is 11.3 Å². The highest BCUT2D eigenvalue weighted by atomic mass is 35.5. The Morgan fingerprint density at radius 1 is 1.28 bits per heavy atom. The van der Waals surface area contributed by atoms with Gasteiger partial charge in [-0.25, -0.2) is 4.39 Å². The molecule has 0 fully saturated rings. The summed E-state index contributed by atoms with van der Waals surface area (Å²) >= 11 is 5.67. The third kappa shape index (κ3) is 3.87. The number of halogens is 3. The van der Waals surface area contributed by atoms with Crippen molar-refractivity contribution in [2.24, 2.45) is 0 Å². The fourth-order valence-corrected chi connectivity index (χ4v) is 3.69. The van der Waals surface area contributed by atoms with Crippen molar-refractivity contribution in [1.82, 2.24) is 9.97 Å². The van der Waals surface area contributed by atoms with Crippen molar-refractivity contribution >= 4 is 34.8 Å². The quantitative estimate of drug-likeness (QED) is 0.593. The van der Waals surface area contributed by atoms with Crippen molar-refractivity contribution in [3.63, 3.8) is 0 Å². The van der Waals surface area contributed by atoms with Gasteiger partial charge in [0, 0.05) is 23.5 Å². The molecule has 3 aromatic rings. The average molecular weight is 459 g/mol. The normalized spacial score (nSPS) is 15.0. The number of hydrogen-bond donors (Lipinski definition) is 1. The van der Waals surface area contributed by atoms with Crippen molar-refractivity contribution in [3.8, 4) is 17.0 Å². The number of benzene rings is 1. The summed E-state index contributed by atoms with van der Waals surface area (Å²) < 4.78 is 33.8. The number of anilines is 2. The lowest BCUT2D eigenvalue weighted by atomic mass is 9.98. The molecule has 1 unspecified atom stereocenters. The average Bonchev–Trinajstić information content (AvgIpc) is 2.86. The predicted molar refractivity (Wildman–Crippen MR) is 115 cm³/mol. The van der Waals surface area contributed by atoms with Crippen LogP contribution in [0.1, 0.15) is 18.5 Å². The van der Waals surface area contributed by atoms with Gasteiger partial charge in [0.05, 0.1) is 35.0 Å². The molecule has 2 amide bonds. The summed E-state index contributed by atoms with van der Waals surface area (Å²) in [4.78, 5) is 35.3. The third-order valence-corrected chi connectivity index (χ3v) is 5.40. The first kappa shape index (κ1) is 21.6. The van der Waals surface area contributed by atoms with Gasteiger partial charge in [-0.3, -0.25) is 14.6 Å². The lowest BCUT2D eigenvalue weighted by Gasteiger charge is -2.24. The number of methoxy groups -OCH3 is 1. The highest BCUT2D eigenvalue weighted by Crippen LogP contribution is 2.42. The van der Waals surface area contributed by atoms with Crippen LogP contribution in [0.4, 0.5) is 20.2 Å². The zero-order valence-corrected chi connectivity index (χ0v) is 17.8. The molecule has 0 spiro atoms. The number of ether oxygens (including phenoxy) is 1. The molecule has 4 rings (SSSR count). The number of pyridine rings is 2. The Hall–Kier alpha value is -3.59. The number of carbonyl (C=O) groups excluding carboxylic acids is 2. The van der Waals surface area contributed by atoms with Crippen LogP contribution in [0.2, 0.25) is 5.02 Å². The number of carbonyl (C=O) groups is 2. The van der Waals surface area contributed by atoms with E-state index in [1.54, 1.807) is 19.1 Å². The van der Waals surface area contributed by atoms with E-state index in [4.69, 9.17) is 16.3 Å². The van der Waals surface area contributed by atoms with Gasteiger partial charge < -0.3 is 15.0 Å². The van der Waals surface area contributed by atoms with Crippen LogP contribution in [-0.4, -0.2) is 35.4 Å². The van der Waals surface area contributed by atoms with Crippen LogP contribution in [-0.2, 0) is 9.59 Å². The van der Waals surface area contributed by atoms with Crippen molar-refractivity contribution in [2.75, 3.05) is 23.9 Å². The molecule has 10 heteroatoms. The zero-order chi connectivity index (χ0) is 23.0. The summed E-state index contributed by atoms with van der Waals surface area (Å²) in [5.74, 6) is -3.46. The highest BCUT2D eigenvalue weighted by molar-refractivity contribution is 6.30. The largest absolute Gasteiger partial charge is 0.481 e. The van der Waals surface area contributed by atoms with Crippen LogP contribution < -0.4 is 15.0 Å². The molecule has 32 heavy (non-hydrogen) atoms. The third-order valence-electron chi connectivity index (χ3n) is 5.09. The maximum Gasteiger partial charge on any atom is 0.244 e. The number of nitrogens with one attached hydrogen (secondary N) is 1. The topological polar surface area (TPSA) is 84.4 Å². The maximum absolute atomic E-state index is 15.1. The second-order valence-electron chi connectivity index (χ2n) is 7.11. The lowest BCUT2D eigenvalue weighted by molar-refractivity contribution is -0.122. The van der Waals surface area contributed by atoms with E-state index in [2.05, 4.69) is 15.3 Å². The smallest absolute Gasteiger partial charge is 0.244 e. The number of nitrogens with zero attached hydrogens (tertiary/aromatic N) is 3. The first-order chi connectivity index (χ1) is 15.3. The van der Waals surface area contributed by atoms with Gasteiger partial charge in [0.2, 0.25) is 23.6 Å². The summed E-state index contributed by atoms with van der Waals surface area (Å²) in [7, 11) is 1.32. The number of amides is 2. The van der Waals surface area contributed by atoms with Gasteiger partial charge in [-0.05, 0) is 31.2 Å². The minimum absolute atomic E-state index is 0.0388. The second-order valence-corrected chi connectivity index (χ2v) is 7.52. The predicted octanol–water partition coefficient (Wildman–Crippen LogP) is 4.17. The molecule has 0 saturated heterocycles. The van der Waals surface area contributed by atoms with E-state index in [9.17, 15) is 14.0 Å². The Balaban J connectivity index is 1.77. The Kier molecular flexibility index (Phi) is 5.75. The molecule has 164 valence electrons. The lowest BCUT2D eigenvalue weighted by Crippen LogP contribution is -2.40. The Morgan fingerprint density at radius 2 is 2.06 bits per heavy atom. The van der Waals surface area contributed by atoms with Crippen LogP contribution >= 0.6 is 11.6 Å². The van der Waals surface area contributed by atoms with Gasteiger partial charge in [-0.15, -0.1) is 0 Å². The van der Waals surface area contributed by atoms with Crippen LogP contribution in [0.3, 0.4) is 0 Å². The van der Waals surface area contributed by atoms with E-state index < -0.39 is 36.0 Å². The molecule has 1 N–H and O–H groups in total. The zero-order valence-electron chi connectivity index (χ0n) is 17.0. The fourth-order valence-electron chi connectivity index (χ4n) is 3.57. The fraction of sp³-hybridized carbons (Fsp3) is 0.182. The number of aromatic nitrogens is 2. The van der Waals surface area contributed by atoms with E-state index in [-0.39, 0.29) is 27.8 Å². The van der Waals surface area contributed by atoms with Crippen molar-refractivity contribution in [2.45, 2.75) is 12.8 Å². The highest BCUT2D eigenvalue weighted by Gasteiger charge is 2.35. The Labute approximate surface area is 187 Å². The van der Waals surface area contributed by atoms with Gasteiger partial charge in [-0.2, -0.15) is 9.37 Å². The van der Waals surface area contributed by atoms with Crippen LogP contribution in [0.25, 0.3) is 11.1 Å². The number of rotatable bonds is 4. The van der Waals surface area contributed by atoms with Gasteiger partial charge in [0.25, 0.3) is 0 Å². The van der Waals surface area contributed by atoms with Crippen molar-refractivity contribution in [3.05, 3.63) is 65.1 Å². The number of fused-ring (bicyclic) bond motifs is 3. The molecule has 1 aliphatic rings. The van der Waals surface area contributed by atoms with E-state index in [0.717, 1.165) is 11.0 Å². The SMILES string of the molecule is COc1cc2c(c(F)n1)-c1cccnc1C(C)C(=O)N2CC(=O)Nc1ccc(Cl)c(F)c1. The first-order valence-electron chi connectivity index (χ1n) is 9.56. The first-order valence-corrected chi connectivity index (χ1v) is 9.94. The van der Waals surface area contributed by atoms with Crippen LogP contribution in [0, 0.1) is 11.8 Å². The Morgan fingerprint density at radius 3 is 2.78 bits per heavy atom.